The highest BCUT2D eigenvalue weighted by molar-refractivity contribution is 8.14. The van der Waals surface area contributed by atoms with Crippen molar-refractivity contribution in [3.63, 3.8) is 0 Å². The molecule has 1 N–H and O–H groups in total. The van der Waals surface area contributed by atoms with Gasteiger partial charge in [0, 0.05) is 5.25 Å². The van der Waals surface area contributed by atoms with E-state index in [1.54, 1.807) is 0 Å². The first-order valence-corrected chi connectivity index (χ1v) is 4.91. The van der Waals surface area contributed by atoms with Crippen LogP contribution in [-0.2, 0) is 0 Å². The van der Waals surface area contributed by atoms with Crippen LogP contribution in [-0.4, -0.2) is 35.9 Å². The van der Waals surface area contributed by atoms with Crippen molar-refractivity contribution < 1.29 is 17.6 Å². The predicted molar refractivity (Wildman–Crippen MR) is 48.3 cm³/mol. The molecule has 82 valence electrons. The number of aliphatic imine (C=N–C) groups is 1. The van der Waals surface area contributed by atoms with Crippen molar-refractivity contribution in [2.75, 3.05) is 13.1 Å². The zero-order valence-electron chi connectivity index (χ0n) is 7.44. The maximum absolute atomic E-state index is 12.4. The summed E-state index contributed by atoms with van der Waals surface area (Å²) in [5.41, 5.74) is 0. The van der Waals surface area contributed by atoms with Crippen LogP contribution in [0, 0.1) is 0 Å². The summed E-state index contributed by atoms with van der Waals surface area (Å²) in [6.45, 7) is 1.35. The fourth-order valence-corrected chi connectivity index (χ4v) is 1.68. The molecular weight excluding hydrogens is 220 g/mol. The molecular formula is C7H10F4N2S. The van der Waals surface area contributed by atoms with Gasteiger partial charge in [-0.05, 0) is 0 Å². The van der Waals surface area contributed by atoms with Gasteiger partial charge in [0.25, 0.3) is 0 Å². The first-order chi connectivity index (χ1) is 6.42. The zero-order chi connectivity index (χ0) is 10.8. The summed E-state index contributed by atoms with van der Waals surface area (Å²) in [6.07, 6.45) is -3.64. The topological polar surface area (TPSA) is 24.4 Å². The molecule has 1 heterocycles. The number of hydrogen-bond donors (Lipinski definition) is 1. The standard InChI is InChI=1S/C7H10F4N2S/c1-4-2-12-6(14-4)13-3-7(10,11)5(8)9/h4-5H,2-3H2,1H3,(H,12,13). The van der Waals surface area contributed by atoms with Crippen LogP contribution in [0.1, 0.15) is 6.92 Å². The molecule has 1 aliphatic heterocycles. The molecule has 7 heteroatoms. The number of rotatable bonds is 3. The largest absolute Gasteiger partial charge is 0.359 e. The van der Waals surface area contributed by atoms with E-state index in [0.29, 0.717) is 11.7 Å². The minimum atomic E-state index is -3.99. The summed E-state index contributed by atoms with van der Waals surface area (Å²) in [5, 5.41) is 2.75. The highest BCUT2D eigenvalue weighted by Gasteiger charge is 2.40. The van der Waals surface area contributed by atoms with Crippen LogP contribution in [0.2, 0.25) is 0 Å². The normalized spacial score (nSPS) is 22.7. The smallest absolute Gasteiger partial charge is 0.324 e. The van der Waals surface area contributed by atoms with E-state index >= 15 is 0 Å². The number of hydrogen-bond acceptors (Lipinski definition) is 3. The number of nitrogens with one attached hydrogen (secondary N) is 1. The van der Waals surface area contributed by atoms with Crippen LogP contribution in [0.5, 0.6) is 0 Å². The second-order valence-corrected chi connectivity index (χ2v) is 4.42. The maximum Gasteiger partial charge on any atom is 0.324 e. The Kier molecular flexibility index (Phi) is 3.63. The number of thioether (sulfide) groups is 1. The van der Waals surface area contributed by atoms with Crippen molar-refractivity contribution in [2.45, 2.75) is 24.5 Å². The van der Waals surface area contributed by atoms with E-state index in [1.807, 2.05) is 6.92 Å². The first-order valence-electron chi connectivity index (χ1n) is 4.03. The number of halogens is 4. The molecule has 0 aromatic carbocycles. The molecule has 1 rings (SSSR count). The first kappa shape index (κ1) is 11.6. The zero-order valence-corrected chi connectivity index (χ0v) is 8.25. The van der Waals surface area contributed by atoms with Gasteiger partial charge in [-0.2, -0.15) is 8.78 Å². The lowest BCUT2D eigenvalue weighted by atomic mass is 10.3. The molecule has 1 aliphatic rings. The van der Waals surface area contributed by atoms with Crippen molar-refractivity contribution in [2.24, 2.45) is 4.99 Å². The van der Waals surface area contributed by atoms with Crippen LogP contribution in [0.3, 0.4) is 0 Å². The van der Waals surface area contributed by atoms with Crippen LogP contribution in [0.15, 0.2) is 4.99 Å². The highest BCUT2D eigenvalue weighted by atomic mass is 32.2. The molecule has 0 radical (unpaired) electrons. The fourth-order valence-electron chi connectivity index (χ4n) is 0.845. The van der Waals surface area contributed by atoms with Crippen molar-refractivity contribution in [3.05, 3.63) is 0 Å². The second kappa shape index (κ2) is 4.37. The molecule has 0 fully saturated rings. The van der Waals surface area contributed by atoms with E-state index in [9.17, 15) is 17.6 Å². The Morgan fingerprint density at radius 2 is 2.29 bits per heavy atom. The molecule has 0 saturated heterocycles. The molecule has 2 nitrogen and oxygen atoms in total. The summed E-state index contributed by atoms with van der Waals surface area (Å²) in [4.78, 5) is 3.87. The molecule has 1 atom stereocenters. The third-order valence-corrected chi connectivity index (χ3v) is 2.65. The lowest BCUT2D eigenvalue weighted by Gasteiger charge is -2.16. The molecule has 0 aliphatic carbocycles. The van der Waals surface area contributed by atoms with Gasteiger partial charge in [0.15, 0.2) is 5.17 Å². The van der Waals surface area contributed by atoms with Gasteiger partial charge in [0.1, 0.15) is 0 Å². The second-order valence-electron chi connectivity index (χ2n) is 2.99. The van der Waals surface area contributed by atoms with Crippen molar-refractivity contribution in [1.82, 2.24) is 5.32 Å². The molecule has 0 spiro atoms. The van der Waals surface area contributed by atoms with Gasteiger partial charge in [0.2, 0.25) is 0 Å². The monoisotopic (exact) mass is 230 g/mol. The van der Waals surface area contributed by atoms with Gasteiger partial charge < -0.3 is 5.32 Å². The van der Waals surface area contributed by atoms with E-state index in [1.165, 1.54) is 11.8 Å². The summed E-state index contributed by atoms with van der Waals surface area (Å²) < 4.78 is 48.3. The third kappa shape index (κ3) is 3.04. The van der Waals surface area contributed by atoms with E-state index in [0.717, 1.165) is 0 Å². The molecule has 0 amide bonds. The average molecular weight is 230 g/mol. The van der Waals surface area contributed by atoms with Gasteiger partial charge in [-0.3, -0.25) is 4.99 Å². The third-order valence-electron chi connectivity index (χ3n) is 1.60. The summed E-state index contributed by atoms with van der Waals surface area (Å²) >= 11 is 1.28. The van der Waals surface area contributed by atoms with Crippen molar-refractivity contribution in [1.29, 1.82) is 0 Å². The Morgan fingerprint density at radius 3 is 2.71 bits per heavy atom. The predicted octanol–water partition coefficient (Wildman–Crippen LogP) is 1.97. The van der Waals surface area contributed by atoms with Gasteiger partial charge in [0.05, 0.1) is 13.1 Å². The van der Waals surface area contributed by atoms with Gasteiger partial charge in [-0.15, -0.1) is 0 Å². The molecule has 14 heavy (non-hydrogen) atoms. The average Bonchev–Trinajstić information content (AvgIpc) is 2.48. The van der Waals surface area contributed by atoms with E-state index in [-0.39, 0.29) is 5.25 Å². The lowest BCUT2D eigenvalue weighted by molar-refractivity contribution is -0.122. The van der Waals surface area contributed by atoms with Crippen LogP contribution in [0.4, 0.5) is 17.6 Å². The fraction of sp³-hybridized carbons (Fsp3) is 0.857. The Bertz CT molecular complexity index is 232. The van der Waals surface area contributed by atoms with Gasteiger partial charge >= 0.3 is 12.3 Å². The summed E-state index contributed by atoms with van der Waals surface area (Å²) in [5.74, 6) is -3.99. The van der Waals surface area contributed by atoms with E-state index in [4.69, 9.17) is 0 Å². The summed E-state index contributed by atoms with van der Waals surface area (Å²) in [6, 6.07) is 0. The maximum atomic E-state index is 12.4. The van der Waals surface area contributed by atoms with Gasteiger partial charge in [-0.25, -0.2) is 8.78 Å². The molecule has 1 unspecified atom stereocenters. The van der Waals surface area contributed by atoms with Crippen molar-refractivity contribution in [3.8, 4) is 0 Å². The van der Waals surface area contributed by atoms with E-state index in [2.05, 4.69) is 10.3 Å². The quantitative estimate of drug-likeness (QED) is 0.749. The van der Waals surface area contributed by atoms with E-state index < -0.39 is 18.9 Å². The number of alkyl halides is 4. The SMILES string of the molecule is CC1CN=C(NCC(F)(F)C(F)F)S1. The van der Waals surface area contributed by atoms with Gasteiger partial charge in [-0.1, -0.05) is 18.7 Å². The molecule has 0 aromatic heterocycles. The Balaban J connectivity index is 2.34. The number of amidine groups is 1. The Hall–Kier alpha value is -0.460. The minimum absolute atomic E-state index is 0.220. The summed E-state index contributed by atoms with van der Waals surface area (Å²) in [7, 11) is 0. The number of nitrogens with zero attached hydrogens (tertiary/aromatic N) is 1. The minimum Gasteiger partial charge on any atom is -0.359 e. The molecule has 0 saturated carbocycles. The Labute approximate surface area is 83.2 Å². The molecule has 0 bridgehead atoms. The highest BCUT2D eigenvalue weighted by Crippen LogP contribution is 2.23. The van der Waals surface area contributed by atoms with Crippen molar-refractivity contribution >= 4 is 16.9 Å². The molecule has 0 aromatic rings. The van der Waals surface area contributed by atoms with Crippen LogP contribution >= 0.6 is 11.8 Å². The van der Waals surface area contributed by atoms with Crippen LogP contribution < -0.4 is 5.32 Å². The van der Waals surface area contributed by atoms with Crippen LogP contribution in [0.25, 0.3) is 0 Å². The lowest BCUT2D eigenvalue weighted by Crippen LogP contribution is -2.40. The Morgan fingerprint density at radius 1 is 1.64 bits per heavy atom.